The lowest BCUT2D eigenvalue weighted by Gasteiger charge is -2.25. The summed E-state index contributed by atoms with van der Waals surface area (Å²) in [6.07, 6.45) is 3.69. The van der Waals surface area contributed by atoms with Gasteiger partial charge in [0.1, 0.15) is 0 Å². The molecule has 1 fully saturated rings. The number of carbonyl (C=O) groups is 1. The number of amidine groups is 1. The van der Waals surface area contributed by atoms with Crippen LogP contribution in [-0.2, 0) is 0 Å². The quantitative estimate of drug-likeness (QED) is 0.324. The highest BCUT2D eigenvalue weighted by atomic mass is 16.4. The van der Waals surface area contributed by atoms with Gasteiger partial charge < -0.3 is 16.3 Å². The van der Waals surface area contributed by atoms with Crippen molar-refractivity contribution in [2.75, 3.05) is 6.54 Å². The first-order valence-corrected chi connectivity index (χ1v) is 6.07. The van der Waals surface area contributed by atoms with E-state index in [1.54, 1.807) is 24.3 Å². The van der Waals surface area contributed by atoms with E-state index in [1.165, 1.54) is 19.3 Å². The van der Waals surface area contributed by atoms with Gasteiger partial charge in [-0.2, -0.15) is 0 Å². The lowest BCUT2D eigenvalue weighted by Crippen LogP contribution is -2.32. The van der Waals surface area contributed by atoms with Crippen LogP contribution in [0.25, 0.3) is 0 Å². The van der Waals surface area contributed by atoms with E-state index in [0.29, 0.717) is 17.0 Å². The molecule has 1 aromatic rings. The number of hydrogen-bond acceptors (Lipinski definition) is 3. The smallest absolute Gasteiger partial charge is 0.251 e. The van der Waals surface area contributed by atoms with Gasteiger partial charge in [-0.1, -0.05) is 23.7 Å². The summed E-state index contributed by atoms with van der Waals surface area (Å²) >= 11 is 0. The van der Waals surface area contributed by atoms with Gasteiger partial charge in [0, 0.05) is 17.7 Å². The van der Waals surface area contributed by atoms with Crippen molar-refractivity contribution in [1.82, 2.24) is 5.32 Å². The van der Waals surface area contributed by atoms with E-state index in [1.807, 2.05) is 0 Å². The molecule has 1 aromatic carbocycles. The number of amides is 1. The molecule has 2 rings (SSSR count). The molecule has 1 aliphatic rings. The zero-order valence-electron chi connectivity index (χ0n) is 10.1. The van der Waals surface area contributed by atoms with Crippen molar-refractivity contribution in [3.63, 3.8) is 0 Å². The first kappa shape index (κ1) is 12.4. The minimum Gasteiger partial charge on any atom is -0.409 e. The number of carbonyl (C=O) groups excluding carboxylic acids is 1. The summed E-state index contributed by atoms with van der Waals surface area (Å²) in [4.78, 5) is 11.8. The summed E-state index contributed by atoms with van der Waals surface area (Å²) in [5, 5.41) is 14.3. The number of rotatable bonds is 4. The molecule has 0 aliphatic heterocycles. The fourth-order valence-corrected chi connectivity index (χ4v) is 1.89. The van der Waals surface area contributed by atoms with Crippen LogP contribution in [0.3, 0.4) is 0 Å². The Balaban J connectivity index is 1.93. The number of hydrogen-bond donors (Lipinski definition) is 3. The third kappa shape index (κ3) is 2.80. The van der Waals surface area contributed by atoms with Gasteiger partial charge in [0.15, 0.2) is 5.84 Å². The van der Waals surface area contributed by atoms with E-state index < -0.39 is 0 Å². The van der Waals surface area contributed by atoms with Crippen molar-refractivity contribution in [1.29, 1.82) is 0 Å². The van der Waals surface area contributed by atoms with Gasteiger partial charge >= 0.3 is 0 Å². The third-order valence-corrected chi connectivity index (χ3v) is 3.33. The van der Waals surface area contributed by atoms with Crippen LogP contribution in [0.5, 0.6) is 0 Å². The van der Waals surface area contributed by atoms with Crippen LogP contribution in [0.1, 0.15) is 35.2 Å². The zero-order valence-corrected chi connectivity index (χ0v) is 10.1. The average molecular weight is 247 g/mol. The van der Waals surface area contributed by atoms with Gasteiger partial charge in [0.05, 0.1) is 0 Å². The van der Waals surface area contributed by atoms with Crippen LogP contribution in [0.2, 0.25) is 0 Å². The van der Waals surface area contributed by atoms with Crippen LogP contribution in [0.15, 0.2) is 29.4 Å². The van der Waals surface area contributed by atoms with Gasteiger partial charge in [-0.25, -0.2) is 0 Å². The Kier molecular flexibility index (Phi) is 3.82. The normalized spacial score (nSPS) is 16.1. The maximum absolute atomic E-state index is 11.8. The number of oxime groups is 1. The maximum atomic E-state index is 11.8. The molecule has 5 heteroatoms. The summed E-state index contributed by atoms with van der Waals surface area (Å²) in [7, 11) is 0. The van der Waals surface area contributed by atoms with Crippen LogP contribution in [0, 0.1) is 5.92 Å². The summed E-state index contributed by atoms with van der Waals surface area (Å²) in [6.45, 7) is 0.751. The number of nitrogens with one attached hydrogen (secondary N) is 1. The fourth-order valence-electron chi connectivity index (χ4n) is 1.89. The van der Waals surface area contributed by atoms with Crippen molar-refractivity contribution in [2.24, 2.45) is 16.8 Å². The van der Waals surface area contributed by atoms with Crippen molar-refractivity contribution >= 4 is 11.7 Å². The Morgan fingerprint density at radius 1 is 1.33 bits per heavy atom. The average Bonchev–Trinajstić information content (AvgIpc) is 2.36. The maximum Gasteiger partial charge on any atom is 0.251 e. The summed E-state index contributed by atoms with van der Waals surface area (Å²) < 4.78 is 0. The molecule has 0 radical (unpaired) electrons. The minimum atomic E-state index is -0.0760. The molecule has 18 heavy (non-hydrogen) atoms. The lowest BCUT2D eigenvalue weighted by atomic mass is 9.85. The second-order valence-corrected chi connectivity index (χ2v) is 4.57. The highest BCUT2D eigenvalue weighted by Gasteiger charge is 2.18. The van der Waals surface area contributed by atoms with Crippen LogP contribution >= 0.6 is 0 Å². The van der Waals surface area contributed by atoms with E-state index in [0.717, 1.165) is 6.54 Å². The molecular formula is C13H17N3O2. The molecule has 4 N–H and O–H groups in total. The lowest BCUT2D eigenvalue weighted by molar-refractivity contribution is 0.0939. The Labute approximate surface area is 106 Å². The molecule has 0 aromatic heterocycles. The van der Waals surface area contributed by atoms with Crippen molar-refractivity contribution < 1.29 is 10.0 Å². The second kappa shape index (κ2) is 5.53. The van der Waals surface area contributed by atoms with Crippen molar-refractivity contribution in [3.8, 4) is 0 Å². The van der Waals surface area contributed by atoms with Gasteiger partial charge in [0.2, 0.25) is 0 Å². The zero-order chi connectivity index (χ0) is 13.0. The molecule has 5 nitrogen and oxygen atoms in total. The topological polar surface area (TPSA) is 87.7 Å². The molecule has 1 saturated carbocycles. The molecule has 0 heterocycles. The predicted molar refractivity (Wildman–Crippen MR) is 68.6 cm³/mol. The summed E-state index contributed by atoms with van der Waals surface area (Å²) in [5.74, 6) is 0.606. The monoisotopic (exact) mass is 247 g/mol. The van der Waals surface area contributed by atoms with Crippen molar-refractivity contribution in [2.45, 2.75) is 19.3 Å². The Hall–Kier alpha value is -2.04. The van der Waals surface area contributed by atoms with Crippen LogP contribution < -0.4 is 11.1 Å². The standard InChI is InChI=1S/C13H17N3O2/c14-12(16-18)10-4-6-11(7-5-10)13(17)15-8-9-2-1-3-9/h4-7,9,18H,1-3,8H2,(H2,14,16)(H,15,17). The van der Waals surface area contributed by atoms with Crippen LogP contribution in [-0.4, -0.2) is 23.5 Å². The largest absolute Gasteiger partial charge is 0.409 e. The van der Waals surface area contributed by atoms with E-state index in [9.17, 15) is 4.79 Å². The fraction of sp³-hybridized carbons (Fsp3) is 0.385. The highest BCUT2D eigenvalue weighted by molar-refractivity contribution is 5.99. The Morgan fingerprint density at radius 2 is 1.94 bits per heavy atom. The second-order valence-electron chi connectivity index (χ2n) is 4.57. The number of nitrogens with two attached hydrogens (primary N) is 1. The first-order chi connectivity index (χ1) is 8.70. The summed E-state index contributed by atoms with van der Waals surface area (Å²) in [6, 6.07) is 6.66. The third-order valence-electron chi connectivity index (χ3n) is 3.33. The number of benzene rings is 1. The van der Waals surface area contributed by atoms with Crippen LogP contribution in [0.4, 0.5) is 0 Å². The first-order valence-electron chi connectivity index (χ1n) is 6.07. The molecule has 0 atom stereocenters. The highest BCUT2D eigenvalue weighted by Crippen LogP contribution is 2.25. The van der Waals surface area contributed by atoms with Crippen molar-refractivity contribution in [3.05, 3.63) is 35.4 Å². The molecule has 0 saturated heterocycles. The molecule has 1 amide bonds. The predicted octanol–water partition coefficient (Wildman–Crippen LogP) is 1.31. The van der Waals surface area contributed by atoms with Gasteiger partial charge in [-0.3, -0.25) is 4.79 Å². The number of nitrogens with zero attached hydrogens (tertiary/aromatic N) is 1. The molecule has 96 valence electrons. The molecular weight excluding hydrogens is 230 g/mol. The van der Waals surface area contributed by atoms with E-state index in [2.05, 4.69) is 10.5 Å². The van der Waals surface area contributed by atoms with E-state index in [4.69, 9.17) is 10.9 Å². The molecule has 0 bridgehead atoms. The molecule has 1 aliphatic carbocycles. The van der Waals surface area contributed by atoms with E-state index in [-0.39, 0.29) is 11.7 Å². The SMILES string of the molecule is N/C(=N\O)c1ccc(C(=O)NCC2CCC2)cc1. The van der Waals surface area contributed by atoms with Gasteiger partial charge in [-0.15, -0.1) is 0 Å². The van der Waals surface area contributed by atoms with E-state index >= 15 is 0 Å². The summed E-state index contributed by atoms with van der Waals surface area (Å²) in [5.41, 5.74) is 6.62. The Bertz CT molecular complexity index is 450. The molecule has 0 unspecified atom stereocenters. The van der Waals surface area contributed by atoms with Gasteiger partial charge in [-0.05, 0) is 30.9 Å². The Morgan fingerprint density at radius 3 is 2.44 bits per heavy atom. The van der Waals surface area contributed by atoms with Gasteiger partial charge in [0.25, 0.3) is 5.91 Å². The minimum absolute atomic E-state index is 0.0384. The molecule has 0 spiro atoms.